The molecule has 0 aliphatic heterocycles. The van der Waals surface area contributed by atoms with Crippen molar-refractivity contribution in [3.05, 3.63) is 35.1 Å². The molecule has 0 aromatic heterocycles. The quantitative estimate of drug-likeness (QED) is 0.813. The second-order valence-corrected chi connectivity index (χ2v) is 4.63. The minimum Gasteiger partial charge on any atom is -0.347 e. The van der Waals surface area contributed by atoms with Crippen LogP contribution in [0.15, 0.2) is 12.1 Å². The van der Waals surface area contributed by atoms with Crippen LogP contribution in [0.4, 0.5) is 13.2 Å². The van der Waals surface area contributed by atoms with Gasteiger partial charge in [-0.1, -0.05) is 0 Å². The van der Waals surface area contributed by atoms with Crippen molar-refractivity contribution in [3.63, 3.8) is 0 Å². The van der Waals surface area contributed by atoms with Gasteiger partial charge in [0.05, 0.1) is 0 Å². The van der Waals surface area contributed by atoms with Crippen LogP contribution in [0.3, 0.4) is 0 Å². The molecule has 1 rings (SSSR count). The highest BCUT2D eigenvalue weighted by Crippen LogP contribution is 2.15. The first kappa shape index (κ1) is 14.5. The average Bonchev–Trinajstić information content (AvgIpc) is 2.24. The number of nitrogens with one attached hydrogen (secondary N) is 1. The van der Waals surface area contributed by atoms with Gasteiger partial charge in [0.15, 0.2) is 17.5 Å². The lowest BCUT2D eigenvalue weighted by atomic mass is 10.00. The molecule has 0 spiro atoms. The first-order chi connectivity index (χ1) is 8.26. The van der Waals surface area contributed by atoms with Crippen molar-refractivity contribution in [2.75, 3.05) is 6.54 Å². The molecule has 6 heteroatoms. The van der Waals surface area contributed by atoms with Crippen LogP contribution in [0.25, 0.3) is 0 Å². The molecule has 1 amide bonds. The van der Waals surface area contributed by atoms with Gasteiger partial charge in [-0.15, -0.1) is 0 Å². The van der Waals surface area contributed by atoms with Gasteiger partial charge in [0.1, 0.15) is 0 Å². The van der Waals surface area contributed by atoms with Crippen LogP contribution < -0.4 is 11.1 Å². The molecule has 0 aliphatic rings. The molecule has 1 aromatic rings. The van der Waals surface area contributed by atoms with E-state index in [-0.39, 0.29) is 5.56 Å². The third kappa shape index (κ3) is 3.46. The smallest absolute Gasteiger partial charge is 0.251 e. The van der Waals surface area contributed by atoms with Gasteiger partial charge < -0.3 is 11.1 Å². The summed E-state index contributed by atoms with van der Waals surface area (Å²) in [7, 11) is 0. The highest BCUT2D eigenvalue weighted by molar-refractivity contribution is 5.94. The highest BCUT2D eigenvalue weighted by atomic mass is 19.2. The Kier molecular flexibility index (Phi) is 4.34. The molecule has 0 unspecified atom stereocenters. The van der Waals surface area contributed by atoms with Crippen LogP contribution in [-0.2, 0) is 0 Å². The van der Waals surface area contributed by atoms with Crippen LogP contribution in [0.2, 0.25) is 0 Å². The van der Waals surface area contributed by atoms with Gasteiger partial charge in [0.2, 0.25) is 0 Å². The molecule has 0 bridgehead atoms. The Morgan fingerprint density at radius 2 is 1.78 bits per heavy atom. The monoisotopic (exact) mass is 260 g/mol. The number of amides is 1. The van der Waals surface area contributed by atoms with E-state index in [0.717, 1.165) is 0 Å². The van der Waals surface area contributed by atoms with Crippen molar-refractivity contribution < 1.29 is 18.0 Å². The maximum absolute atomic E-state index is 13.0. The summed E-state index contributed by atoms with van der Waals surface area (Å²) in [5.74, 6) is -5.05. The van der Waals surface area contributed by atoms with E-state index in [1.807, 2.05) is 0 Å². The van der Waals surface area contributed by atoms with E-state index in [2.05, 4.69) is 5.32 Å². The normalized spacial score (nSPS) is 11.4. The third-order valence-corrected chi connectivity index (χ3v) is 2.47. The Morgan fingerprint density at radius 3 is 2.22 bits per heavy atom. The Labute approximate surface area is 103 Å². The van der Waals surface area contributed by atoms with E-state index >= 15 is 0 Å². The first-order valence-corrected chi connectivity index (χ1v) is 5.44. The number of carbonyl (C=O) groups excluding carboxylic acids is 1. The number of benzene rings is 1. The van der Waals surface area contributed by atoms with Gasteiger partial charge in [-0.2, -0.15) is 0 Å². The van der Waals surface area contributed by atoms with Gasteiger partial charge in [-0.25, -0.2) is 13.2 Å². The Hall–Kier alpha value is -1.56. The van der Waals surface area contributed by atoms with Crippen molar-refractivity contribution in [2.45, 2.75) is 25.8 Å². The number of rotatable bonds is 4. The molecule has 0 heterocycles. The maximum atomic E-state index is 13.0. The van der Waals surface area contributed by atoms with E-state index in [4.69, 9.17) is 5.73 Å². The van der Waals surface area contributed by atoms with Crippen molar-refractivity contribution in [1.29, 1.82) is 0 Å². The Balaban J connectivity index is 2.92. The van der Waals surface area contributed by atoms with Crippen molar-refractivity contribution in [3.8, 4) is 0 Å². The number of halogens is 3. The van der Waals surface area contributed by atoms with Gasteiger partial charge in [0.25, 0.3) is 5.91 Å². The zero-order valence-corrected chi connectivity index (χ0v) is 10.2. The molecule has 18 heavy (non-hydrogen) atoms. The fourth-order valence-electron chi connectivity index (χ4n) is 1.49. The fourth-order valence-corrected chi connectivity index (χ4v) is 1.49. The minimum atomic E-state index is -1.59. The van der Waals surface area contributed by atoms with Gasteiger partial charge in [0, 0.05) is 11.1 Å². The number of hydrogen-bond acceptors (Lipinski definition) is 2. The predicted octanol–water partition coefficient (Wildman–Crippen LogP) is 1.96. The summed E-state index contributed by atoms with van der Waals surface area (Å²) in [5.41, 5.74) is 4.51. The van der Waals surface area contributed by atoms with Gasteiger partial charge in [-0.05, 0) is 38.9 Å². The summed E-state index contributed by atoms with van der Waals surface area (Å²) >= 11 is 0. The van der Waals surface area contributed by atoms with E-state index in [9.17, 15) is 18.0 Å². The lowest BCUT2D eigenvalue weighted by Crippen LogP contribution is -2.44. The van der Waals surface area contributed by atoms with E-state index in [1.54, 1.807) is 13.8 Å². The summed E-state index contributed by atoms with van der Waals surface area (Å²) < 4.78 is 38.7. The molecule has 0 fully saturated rings. The van der Waals surface area contributed by atoms with Crippen LogP contribution in [0, 0.1) is 17.5 Å². The molecular weight excluding hydrogens is 245 g/mol. The largest absolute Gasteiger partial charge is 0.347 e. The molecule has 100 valence electrons. The summed E-state index contributed by atoms with van der Waals surface area (Å²) in [6, 6.07) is 1.32. The summed E-state index contributed by atoms with van der Waals surface area (Å²) in [4.78, 5) is 11.7. The summed E-state index contributed by atoms with van der Waals surface area (Å²) in [6.07, 6.45) is 0.505. The molecule has 3 nitrogen and oxygen atoms in total. The van der Waals surface area contributed by atoms with E-state index in [0.29, 0.717) is 25.1 Å². The topological polar surface area (TPSA) is 55.1 Å². The Bertz CT molecular complexity index is 438. The van der Waals surface area contributed by atoms with E-state index < -0.39 is 28.9 Å². The van der Waals surface area contributed by atoms with Crippen LogP contribution in [0.5, 0.6) is 0 Å². The summed E-state index contributed by atoms with van der Waals surface area (Å²) in [5, 5.41) is 2.57. The Morgan fingerprint density at radius 1 is 1.28 bits per heavy atom. The zero-order chi connectivity index (χ0) is 13.9. The number of nitrogens with two attached hydrogens (primary N) is 1. The van der Waals surface area contributed by atoms with E-state index in [1.165, 1.54) is 0 Å². The first-order valence-electron chi connectivity index (χ1n) is 5.44. The molecule has 0 saturated heterocycles. The SMILES string of the molecule is CC(C)(CCN)NC(=O)c1cc(F)c(F)c(F)c1. The molecule has 3 N–H and O–H groups in total. The highest BCUT2D eigenvalue weighted by Gasteiger charge is 2.22. The van der Waals surface area contributed by atoms with Crippen LogP contribution >= 0.6 is 0 Å². The van der Waals surface area contributed by atoms with Crippen LogP contribution in [0.1, 0.15) is 30.6 Å². The lowest BCUT2D eigenvalue weighted by Gasteiger charge is -2.25. The molecule has 0 aliphatic carbocycles. The lowest BCUT2D eigenvalue weighted by molar-refractivity contribution is 0.0909. The standard InChI is InChI=1S/C12H15F3N2O/c1-12(2,3-4-16)17-11(18)7-5-8(13)10(15)9(14)6-7/h5-6H,3-4,16H2,1-2H3,(H,17,18). The van der Waals surface area contributed by atoms with Crippen molar-refractivity contribution in [2.24, 2.45) is 5.73 Å². The number of carbonyl (C=O) groups is 1. The van der Waals surface area contributed by atoms with Crippen molar-refractivity contribution >= 4 is 5.91 Å². The molecular formula is C12H15F3N2O. The second-order valence-electron chi connectivity index (χ2n) is 4.63. The molecule has 1 aromatic carbocycles. The van der Waals surface area contributed by atoms with Gasteiger partial charge in [-0.3, -0.25) is 4.79 Å². The number of hydrogen-bond donors (Lipinski definition) is 2. The predicted molar refractivity (Wildman–Crippen MR) is 61.5 cm³/mol. The average molecular weight is 260 g/mol. The van der Waals surface area contributed by atoms with Gasteiger partial charge >= 0.3 is 0 Å². The second kappa shape index (κ2) is 5.39. The molecule has 0 saturated carbocycles. The fraction of sp³-hybridized carbons (Fsp3) is 0.417. The molecule has 0 radical (unpaired) electrons. The maximum Gasteiger partial charge on any atom is 0.251 e. The van der Waals surface area contributed by atoms with Crippen LogP contribution in [-0.4, -0.2) is 18.0 Å². The minimum absolute atomic E-state index is 0.267. The summed E-state index contributed by atoms with van der Waals surface area (Å²) in [6.45, 7) is 3.82. The zero-order valence-electron chi connectivity index (χ0n) is 10.2. The molecule has 0 atom stereocenters. The third-order valence-electron chi connectivity index (χ3n) is 2.47. The van der Waals surface area contributed by atoms with Crippen molar-refractivity contribution in [1.82, 2.24) is 5.32 Å².